The van der Waals surface area contributed by atoms with Crippen molar-refractivity contribution < 1.29 is 13.2 Å². The number of hydrogen-bond donors (Lipinski definition) is 1. The van der Waals surface area contributed by atoms with E-state index < -0.39 is 10.0 Å². The van der Waals surface area contributed by atoms with Crippen LogP contribution in [0.2, 0.25) is 5.02 Å². The van der Waals surface area contributed by atoms with Crippen molar-refractivity contribution in [3.63, 3.8) is 0 Å². The smallest absolute Gasteiger partial charge is 0.244 e. The van der Waals surface area contributed by atoms with Crippen LogP contribution in [-0.2, 0) is 10.0 Å². The lowest BCUT2D eigenvalue weighted by atomic mass is 10.2. The number of rotatable bonds is 4. The zero-order valence-electron chi connectivity index (χ0n) is 10.2. The molecule has 0 aromatic heterocycles. The average Bonchev–Trinajstić information content (AvgIpc) is 2.14. The van der Waals surface area contributed by atoms with Gasteiger partial charge in [0.2, 0.25) is 10.0 Å². The van der Waals surface area contributed by atoms with Crippen LogP contribution in [0.4, 0.5) is 0 Å². The van der Waals surface area contributed by atoms with E-state index in [0.717, 1.165) is 0 Å². The fourth-order valence-electron chi connectivity index (χ4n) is 1.53. The van der Waals surface area contributed by atoms with Crippen molar-refractivity contribution in [2.45, 2.75) is 31.7 Å². The van der Waals surface area contributed by atoms with E-state index in [9.17, 15) is 8.42 Å². The molecule has 0 saturated heterocycles. The predicted molar refractivity (Wildman–Crippen MR) is 68.2 cm³/mol. The van der Waals surface area contributed by atoms with E-state index in [0.29, 0.717) is 16.3 Å². The first-order valence-electron chi connectivity index (χ1n) is 5.14. The zero-order chi connectivity index (χ0) is 13.2. The second kappa shape index (κ2) is 5.25. The molecule has 0 bridgehead atoms. The van der Waals surface area contributed by atoms with E-state index >= 15 is 0 Å². The maximum atomic E-state index is 12.1. The predicted octanol–water partition coefficient (Wildman–Crippen LogP) is 2.34. The number of ether oxygens (including phenoxy) is 1. The van der Waals surface area contributed by atoms with Gasteiger partial charge in [-0.15, -0.1) is 0 Å². The van der Waals surface area contributed by atoms with Crippen molar-refractivity contribution in [3.05, 3.63) is 22.7 Å². The van der Waals surface area contributed by atoms with Gasteiger partial charge < -0.3 is 4.74 Å². The van der Waals surface area contributed by atoms with Crippen LogP contribution in [0, 0.1) is 6.92 Å². The molecule has 1 N–H and O–H groups in total. The largest absolute Gasteiger partial charge is 0.495 e. The van der Waals surface area contributed by atoms with E-state index in [4.69, 9.17) is 16.3 Å². The molecule has 0 fully saturated rings. The summed E-state index contributed by atoms with van der Waals surface area (Å²) < 4.78 is 31.8. The van der Waals surface area contributed by atoms with Crippen LogP contribution in [0.3, 0.4) is 0 Å². The van der Waals surface area contributed by atoms with Crippen LogP contribution < -0.4 is 9.46 Å². The second-order valence-corrected chi connectivity index (χ2v) is 6.15. The van der Waals surface area contributed by atoms with Crippen molar-refractivity contribution in [2.24, 2.45) is 0 Å². The van der Waals surface area contributed by atoms with Crippen LogP contribution >= 0.6 is 11.6 Å². The highest BCUT2D eigenvalue weighted by Crippen LogP contribution is 2.31. The molecule has 0 radical (unpaired) electrons. The molecule has 0 aliphatic carbocycles. The lowest BCUT2D eigenvalue weighted by Gasteiger charge is -2.14. The summed E-state index contributed by atoms with van der Waals surface area (Å²) in [5.41, 5.74) is 0.684. The highest BCUT2D eigenvalue weighted by atomic mass is 35.5. The van der Waals surface area contributed by atoms with Crippen molar-refractivity contribution >= 4 is 21.6 Å². The molecule has 4 nitrogen and oxygen atoms in total. The van der Waals surface area contributed by atoms with E-state index in [-0.39, 0.29) is 10.9 Å². The second-order valence-electron chi connectivity index (χ2n) is 4.03. The normalized spacial score (nSPS) is 11.9. The Balaban J connectivity index is 3.39. The van der Waals surface area contributed by atoms with E-state index in [1.54, 1.807) is 26.8 Å². The minimum Gasteiger partial charge on any atom is -0.495 e. The minimum absolute atomic E-state index is 0.0682. The molecule has 17 heavy (non-hydrogen) atoms. The molecule has 0 heterocycles. The SMILES string of the molecule is COc1c(C)cc(Cl)cc1S(=O)(=O)NC(C)C. The highest BCUT2D eigenvalue weighted by Gasteiger charge is 2.22. The Bertz CT molecular complexity index is 512. The van der Waals surface area contributed by atoms with Gasteiger partial charge in [0.25, 0.3) is 0 Å². The molecular formula is C11H16ClNO3S. The monoisotopic (exact) mass is 277 g/mol. The number of methoxy groups -OCH3 is 1. The Morgan fingerprint density at radius 3 is 2.41 bits per heavy atom. The fraction of sp³-hybridized carbons (Fsp3) is 0.455. The number of nitrogens with one attached hydrogen (secondary N) is 1. The Labute approximate surface area is 107 Å². The summed E-state index contributed by atoms with van der Waals surface area (Å²) in [5, 5.41) is 0.368. The third-order valence-electron chi connectivity index (χ3n) is 2.09. The van der Waals surface area contributed by atoms with Crippen molar-refractivity contribution in [1.29, 1.82) is 0 Å². The molecule has 0 amide bonds. The van der Waals surface area contributed by atoms with Crippen molar-refractivity contribution in [1.82, 2.24) is 4.72 Å². The van der Waals surface area contributed by atoms with Crippen LogP contribution in [-0.4, -0.2) is 21.6 Å². The van der Waals surface area contributed by atoms with Crippen molar-refractivity contribution in [2.75, 3.05) is 7.11 Å². The fourth-order valence-corrected chi connectivity index (χ4v) is 3.39. The summed E-state index contributed by atoms with van der Waals surface area (Å²) in [4.78, 5) is 0.0682. The summed E-state index contributed by atoms with van der Waals surface area (Å²) in [7, 11) is -2.17. The number of benzene rings is 1. The van der Waals surface area contributed by atoms with Gasteiger partial charge in [-0.1, -0.05) is 11.6 Å². The molecule has 0 unspecified atom stereocenters. The first-order chi connectivity index (χ1) is 7.77. The topological polar surface area (TPSA) is 55.4 Å². The number of halogens is 1. The Morgan fingerprint density at radius 1 is 1.35 bits per heavy atom. The van der Waals surface area contributed by atoms with Gasteiger partial charge in [0.05, 0.1) is 7.11 Å². The molecule has 6 heteroatoms. The highest BCUT2D eigenvalue weighted by molar-refractivity contribution is 7.89. The molecule has 1 aromatic rings. The summed E-state index contributed by atoms with van der Waals surface area (Å²) in [5.74, 6) is 0.322. The van der Waals surface area contributed by atoms with Gasteiger partial charge in [0.1, 0.15) is 10.6 Å². The molecule has 0 atom stereocenters. The van der Waals surface area contributed by atoms with Gasteiger partial charge in [-0.05, 0) is 38.5 Å². The molecule has 0 spiro atoms. The quantitative estimate of drug-likeness (QED) is 0.919. The van der Waals surface area contributed by atoms with Crippen LogP contribution in [0.5, 0.6) is 5.75 Å². The lowest BCUT2D eigenvalue weighted by Crippen LogP contribution is -2.30. The van der Waals surface area contributed by atoms with Gasteiger partial charge in [0, 0.05) is 11.1 Å². The molecule has 1 rings (SSSR count). The van der Waals surface area contributed by atoms with E-state index in [1.807, 2.05) is 0 Å². The minimum atomic E-state index is -3.61. The number of hydrogen-bond acceptors (Lipinski definition) is 3. The third-order valence-corrected chi connectivity index (χ3v) is 3.97. The standard InChI is InChI=1S/C11H16ClNO3S/c1-7(2)13-17(14,15)10-6-9(12)5-8(3)11(10)16-4/h5-7,13H,1-4H3. The van der Waals surface area contributed by atoms with Crippen LogP contribution in [0.1, 0.15) is 19.4 Å². The maximum Gasteiger partial charge on any atom is 0.244 e. The first kappa shape index (κ1) is 14.3. The van der Waals surface area contributed by atoms with Crippen LogP contribution in [0.15, 0.2) is 17.0 Å². The Morgan fingerprint density at radius 2 is 1.94 bits per heavy atom. The Kier molecular flexibility index (Phi) is 4.41. The maximum absolute atomic E-state index is 12.1. The van der Waals surface area contributed by atoms with E-state index in [1.165, 1.54) is 13.2 Å². The van der Waals surface area contributed by atoms with Gasteiger partial charge in [-0.25, -0.2) is 13.1 Å². The van der Waals surface area contributed by atoms with Gasteiger partial charge in [-0.3, -0.25) is 0 Å². The zero-order valence-corrected chi connectivity index (χ0v) is 11.8. The lowest BCUT2D eigenvalue weighted by molar-refractivity contribution is 0.399. The van der Waals surface area contributed by atoms with E-state index in [2.05, 4.69) is 4.72 Å². The van der Waals surface area contributed by atoms with Crippen molar-refractivity contribution in [3.8, 4) is 5.75 Å². The molecule has 0 aliphatic rings. The van der Waals surface area contributed by atoms with Gasteiger partial charge in [-0.2, -0.15) is 0 Å². The molecule has 1 aromatic carbocycles. The summed E-state index contributed by atoms with van der Waals surface area (Å²) >= 11 is 5.87. The molecular weight excluding hydrogens is 262 g/mol. The molecule has 0 saturated carbocycles. The third kappa shape index (κ3) is 3.34. The number of aryl methyl sites for hydroxylation is 1. The molecule has 96 valence electrons. The first-order valence-corrected chi connectivity index (χ1v) is 7.00. The summed E-state index contributed by atoms with van der Waals surface area (Å²) in [6, 6.07) is 2.86. The average molecular weight is 278 g/mol. The van der Waals surface area contributed by atoms with Gasteiger partial charge >= 0.3 is 0 Å². The number of sulfonamides is 1. The summed E-state index contributed by atoms with van der Waals surface area (Å²) in [6.07, 6.45) is 0. The summed E-state index contributed by atoms with van der Waals surface area (Å²) in [6.45, 7) is 5.25. The molecule has 0 aliphatic heterocycles. The van der Waals surface area contributed by atoms with Gasteiger partial charge in [0.15, 0.2) is 0 Å². The Hall–Kier alpha value is -0.780. The van der Waals surface area contributed by atoms with Crippen LogP contribution in [0.25, 0.3) is 0 Å².